The average molecular weight is 505 g/mol. The Balaban J connectivity index is 1.82. The second-order valence-electron chi connectivity index (χ2n) is 8.30. The van der Waals surface area contributed by atoms with Gasteiger partial charge in [0.15, 0.2) is 11.2 Å². The molecule has 1 fully saturated rings. The number of alkyl halides is 1. The molecule has 2 atom stereocenters. The first-order chi connectivity index (χ1) is 15.3. The van der Waals surface area contributed by atoms with Crippen molar-refractivity contribution < 1.29 is 14.2 Å². The molecule has 4 rings (SSSR count). The van der Waals surface area contributed by atoms with Gasteiger partial charge in [-0.2, -0.15) is 0 Å². The maximum Gasteiger partial charge on any atom is 0.223 e. The van der Waals surface area contributed by atoms with Gasteiger partial charge >= 0.3 is 0 Å². The molecule has 32 heavy (non-hydrogen) atoms. The molecule has 9 heteroatoms. The van der Waals surface area contributed by atoms with E-state index in [4.69, 9.17) is 4.74 Å². The number of halogens is 2. The van der Waals surface area contributed by atoms with Crippen molar-refractivity contribution in [2.75, 3.05) is 18.5 Å². The van der Waals surface area contributed by atoms with Gasteiger partial charge in [-0.15, -0.1) is 0 Å². The third-order valence-corrected chi connectivity index (χ3v) is 6.40. The van der Waals surface area contributed by atoms with Gasteiger partial charge in [0.2, 0.25) is 5.95 Å². The molecule has 2 aromatic heterocycles. The van der Waals surface area contributed by atoms with Crippen LogP contribution in [0.2, 0.25) is 0 Å². The van der Waals surface area contributed by atoms with E-state index >= 15 is 0 Å². The molecule has 1 saturated heterocycles. The fourth-order valence-electron chi connectivity index (χ4n) is 4.18. The number of hydrogen-bond acceptors (Lipinski definition) is 6. The van der Waals surface area contributed by atoms with Gasteiger partial charge in [-0.1, -0.05) is 22.0 Å². The van der Waals surface area contributed by atoms with Crippen LogP contribution >= 0.6 is 15.9 Å². The molecule has 2 N–H and O–H groups in total. The van der Waals surface area contributed by atoms with E-state index in [1.54, 1.807) is 18.2 Å². The average Bonchev–Trinajstić information content (AvgIpc) is 2.78. The van der Waals surface area contributed by atoms with Crippen molar-refractivity contribution in [1.82, 2.24) is 14.5 Å². The minimum absolute atomic E-state index is 0.0306. The molecule has 170 valence electrons. The van der Waals surface area contributed by atoms with Crippen LogP contribution < -0.4 is 10.7 Å². The predicted octanol–water partition coefficient (Wildman–Crippen LogP) is 3.94. The molecule has 7 nitrogen and oxygen atoms in total. The minimum Gasteiger partial charge on any atom is -0.389 e. The Morgan fingerprint density at radius 3 is 2.88 bits per heavy atom. The van der Waals surface area contributed by atoms with Crippen molar-refractivity contribution in [1.29, 1.82) is 0 Å². The lowest BCUT2D eigenvalue weighted by atomic mass is 10.0. The number of pyridine rings is 1. The van der Waals surface area contributed by atoms with Crippen LogP contribution in [0.15, 0.2) is 29.2 Å². The summed E-state index contributed by atoms with van der Waals surface area (Å²) in [5, 5.41) is 14.3. The molecule has 1 aliphatic heterocycles. The van der Waals surface area contributed by atoms with Crippen LogP contribution in [0.1, 0.15) is 37.6 Å². The smallest absolute Gasteiger partial charge is 0.223 e. The molecule has 1 aliphatic rings. The number of benzene rings is 1. The Kier molecular flexibility index (Phi) is 6.60. The highest BCUT2D eigenvalue weighted by Crippen LogP contribution is 2.29. The summed E-state index contributed by atoms with van der Waals surface area (Å²) in [7, 11) is 0. The summed E-state index contributed by atoms with van der Waals surface area (Å²) in [4.78, 5) is 21.4. The monoisotopic (exact) mass is 504 g/mol. The number of aliphatic hydroxyl groups excluding tert-OH is 1. The molecule has 3 heterocycles. The summed E-state index contributed by atoms with van der Waals surface area (Å²) in [6.07, 6.45) is 1.03. The fraction of sp³-hybridized carbons (Fsp3) is 0.435. The Morgan fingerprint density at radius 1 is 1.41 bits per heavy atom. The molecule has 3 aromatic rings. The Labute approximate surface area is 193 Å². The molecular formula is C23H26BrFN4O3. The summed E-state index contributed by atoms with van der Waals surface area (Å²) in [6.45, 7) is 6.69. The van der Waals surface area contributed by atoms with E-state index in [2.05, 4.69) is 49.6 Å². The van der Waals surface area contributed by atoms with E-state index in [0.717, 1.165) is 17.4 Å². The Bertz CT molecular complexity index is 1210. The SMILES string of the molecule is Cc1c(CBr)n(C(C)C)c2cc(-c3nc(N[C@@H]4CCOC[C@H]4O)ncc3F)ccc2c1=O. The number of hydrogen-bond donors (Lipinski definition) is 2. The second kappa shape index (κ2) is 9.25. The summed E-state index contributed by atoms with van der Waals surface area (Å²) >= 11 is 3.51. The van der Waals surface area contributed by atoms with Crippen LogP contribution in [0, 0.1) is 12.7 Å². The number of ether oxygens (including phenoxy) is 1. The highest BCUT2D eigenvalue weighted by Gasteiger charge is 2.25. The van der Waals surface area contributed by atoms with Gasteiger partial charge in [0.05, 0.1) is 30.5 Å². The van der Waals surface area contributed by atoms with E-state index in [-0.39, 0.29) is 35.8 Å². The summed E-state index contributed by atoms with van der Waals surface area (Å²) in [5.41, 5.74) is 2.98. The Morgan fingerprint density at radius 2 is 2.19 bits per heavy atom. The van der Waals surface area contributed by atoms with Crippen molar-refractivity contribution in [3.05, 3.63) is 51.7 Å². The first-order valence-corrected chi connectivity index (χ1v) is 11.7. The number of nitrogens with one attached hydrogen (secondary N) is 1. The highest BCUT2D eigenvalue weighted by atomic mass is 79.9. The topological polar surface area (TPSA) is 89.3 Å². The van der Waals surface area contributed by atoms with E-state index < -0.39 is 11.9 Å². The Hall–Kier alpha value is -2.36. The second-order valence-corrected chi connectivity index (χ2v) is 8.86. The van der Waals surface area contributed by atoms with E-state index in [1.165, 1.54) is 0 Å². The molecular weight excluding hydrogens is 479 g/mol. The molecule has 0 aliphatic carbocycles. The lowest BCUT2D eigenvalue weighted by Gasteiger charge is -2.28. The van der Waals surface area contributed by atoms with Gasteiger partial charge in [0.1, 0.15) is 5.69 Å². The quantitative estimate of drug-likeness (QED) is 0.511. The van der Waals surface area contributed by atoms with Crippen LogP contribution in [0.3, 0.4) is 0 Å². The van der Waals surface area contributed by atoms with E-state index in [1.807, 2.05) is 6.92 Å². The third-order valence-electron chi connectivity index (χ3n) is 5.87. The summed E-state index contributed by atoms with van der Waals surface area (Å²) in [6, 6.07) is 5.07. The van der Waals surface area contributed by atoms with Crippen LogP contribution in [0.5, 0.6) is 0 Å². The van der Waals surface area contributed by atoms with Gasteiger partial charge in [0, 0.05) is 40.2 Å². The largest absolute Gasteiger partial charge is 0.389 e. The third kappa shape index (κ3) is 4.16. The van der Waals surface area contributed by atoms with Crippen molar-refractivity contribution in [2.45, 2.75) is 50.7 Å². The van der Waals surface area contributed by atoms with Crippen LogP contribution in [0.25, 0.3) is 22.2 Å². The first-order valence-electron chi connectivity index (χ1n) is 10.6. The minimum atomic E-state index is -0.687. The van der Waals surface area contributed by atoms with Gasteiger partial charge in [0.25, 0.3) is 0 Å². The molecule has 0 radical (unpaired) electrons. The number of rotatable bonds is 5. The van der Waals surface area contributed by atoms with Crippen LogP contribution in [-0.4, -0.2) is 45.0 Å². The van der Waals surface area contributed by atoms with Crippen LogP contribution in [-0.2, 0) is 10.1 Å². The molecule has 0 bridgehead atoms. The molecule has 0 amide bonds. The maximum absolute atomic E-state index is 14.8. The number of anilines is 1. The highest BCUT2D eigenvalue weighted by molar-refractivity contribution is 9.08. The summed E-state index contributed by atoms with van der Waals surface area (Å²) < 4.78 is 22.1. The number of aromatic nitrogens is 3. The van der Waals surface area contributed by atoms with Gasteiger partial charge in [-0.25, -0.2) is 14.4 Å². The van der Waals surface area contributed by atoms with Gasteiger partial charge < -0.3 is 19.7 Å². The predicted molar refractivity (Wildman–Crippen MR) is 126 cm³/mol. The standard InChI is InChI=1S/C23H26BrFN4O3/c1-12(2)29-18-8-14(4-5-15(18)22(31)13(3)19(29)9-24)21-16(25)10-26-23(28-21)27-17-6-7-32-11-20(17)30/h4-5,8,10,12,17,20,30H,6-7,9,11H2,1-3H3,(H,26,27,28)/t17-,20-/m1/s1. The van der Waals surface area contributed by atoms with Gasteiger partial charge in [-0.3, -0.25) is 4.79 Å². The molecule has 0 unspecified atom stereocenters. The van der Waals surface area contributed by atoms with Crippen LogP contribution in [0.4, 0.5) is 10.3 Å². The fourth-order valence-corrected chi connectivity index (χ4v) is 4.87. The zero-order chi connectivity index (χ0) is 23.0. The zero-order valence-electron chi connectivity index (χ0n) is 18.2. The maximum atomic E-state index is 14.8. The number of nitrogens with zero attached hydrogens (tertiary/aromatic N) is 3. The first kappa shape index (κ1) is 22.8. The zero-order valence-corrected chi connectivity index (χ0v) is 19.8. The van der Waals surface area contributed by atoms with Crippen molar-refractivity contribution in [2.24, 2.45) is 0 Å². The van der Waals surface area contributed by atoms with Crippen molar-refractivity contribution in [3.63, 3.8) is 0 Å². The normalized spacial score (nSPS) is 19.0. The van der Waals surface area contributed by atoms with E-state index in [9.17, 15) is 14.3 Å². The number of fused-ring (bicyclic) bond motifs is 1. The molecule has 0 saturated carbocycles. The lowest BCUT2D eigenvalue weighted by Crippen LogP contribution is -2.42. The van der Waals surface area contributed by atoms with Crippen molar-refractivity contribution >= 4 is 32.8 Å². The lowest BCUT2D eigenvalue weighted by molar-refractivity contribution is -0.0136. The van der Waals surface area contributed by atoms with Gasteiger partial charge in [-0.05, 0) is 39.3 Å². The summed E-state index contributed by atoms with van der Waals surface area (Å²) in [5.74, 6) is -0.326. The number of aliphatic hydroxyl groups is 1. The molecule has 0 spiro atoms. The van der Waals surface area contributed by atoms with E-state index in [0.29, 0.717) is 34.9 Å². The molecule has 1 aromatic carbocycles. The van der Waals surface area contributed by atoms with Crippen molar-refractivity contribution in [3.8, 4) is 11.3 Å².